The van der Waals surface area contributed by atoms with Crippen molar-refractivity contribution in [1.82, 2.24) is 25.1 Å². The van der Waals surface area contributed by atoms with Gasteiger partial charge in [-0.1, -0.05) is 30.3 Å². The Hall–Kier alpha value is -4.08. The van der Waals surface area contributed by atoms with E-state index < -0.39 is 41.9 Å². The second-order valence-corrected chi connectivity index (χ2v) is 11.5. The predicted octanol–water partition coefficient (Wildman–Crippen LogP) is -0.568. The van der Waals surface area contributed by atoms with Crippen LogP contribution in [0.4, 0.5) is 0 Å². The van der Waals surface area contributed by atoms with Gasteiger partial charge in [-0.3, -0.25) is 24.2 Å². The Morgan fingerprint density at radius 3 is 2.07 bits per heavy atom. The SMILES string of the molecule is CC(=O)[C@H](Cc1ccccc1)NC(=O)[C@H](CCCCN)NC(=O)[C@H](Cc1cn(C)c(=S)n1C)NC(=O)C(N)CCCN=C(N)N. The molecule has 1 aromatic heterocycles. The summed E-state index contributed by atoms with van der Waals surface area (Å²) in [6, 6.07) is 5.57. The fourth-order valence-corrected chi connectivity index (χ4v) is 4.88. The summed E-state index contributed by atoms with van der Waals surface area (Å²) in [5.74, 6) is -1.89. The number of imidazole rings is 1. The summed E-state index contributed by atoms with van der Waals surface area (Å²) in [5, 5.41) is 8.37. The summed E-state index contributed by atoms with van der Waals surface area (Å²) in [7, 11) is 3.55. The number of nitrogens with one attached hydrogen (secondary N) is 3. The largest absolute Gasteiger partial charge is 0.370 e. The molecule has 0 spiro atoms. The maximum atomic E-state index is 13.8. The highest BCUT2D eigenvalue weighted by Gasteiger charge is 2.30. The number of unbranched alkanes of at least 4 members (excludes halogenated alkanes) is 1. The van der Waals surface area contributed by atoms with Crippen LogP contribution in [0.2, 0.25) is 0 Å². The molecule has 0 aliphatic heterocycles. The fraction of sp³-hybridized carbons (Fsp3) is 0.533. The molecule has 2 rings (SSSR count). The van der Waals surface area contributed by atoms with E-state index in [0.717, 1.165) is 5.56 Å². The van der Waals surface area contributed by atoms with Gasteiger partial charge in [0.2, 0.25) is 17.7 Å². The standard InChI is InChI=1S/C30H48N10O4S/c1-19(41)24(16-20-10-5-4-6-11-20)37-27(43)23(13-7-8-14-31)36-28(44)25(17-21-18-39(2)30(45)40(21)3)38-26(42)22(32)12-9-15-35-29(33)34/h4-6,10-11,18,22-25H,7-9,12-17,31-32H2,1-3H3,(H,36,44)(H,37,43)(H,38,42)(H4,33,34,35)/t22?,23-,24-,25-/m0/s1. The summed E-state index contributed by atoms with van der Waals surface area (Å²) in [4.78, 5) is 56.7. The first kappa shape index (κ1) is 37.1. The number of aryl methyl sites for hydroxylation is 1. The summed E-state index contributed by atoms with van der Waals surface area (Å²) >= 11 is 5.41. The van der Waals surface area contributed by atoms with Crippen molar-refractivity contribution in [3.8, 4) is 0 Å². The smallest absolute Gasteiger partial charge is 0.243 e. The average Bonchev–Trinajstić information content (AvgIpc) is 3.24. The molecule has 2 aromatic rings. The zero-order valence-corrected chi connectivity index (χ0v) is 27.1. The molecule has 0 aliphatic carbocycles. The molecular weight excluding hydrogens is 596 g/mol. The summed E-state index contributed by atoms with van der Waals surface area (Å²) in [6.07, 6.45) is 4.38. The van der Waals surface area contributed by atoms with Crippen LogP contribution in [0.3, 0.4) is 0 Å². The first-order chi connectivity index (χ1) is 21.3. The Morgan fingerprint density at radius 1 is 0.867 bits per heavy atom. The van der Waals surface area contributed by atoms with E-state index in [9.17, 15) is 19.2 Å². The first-order valence-corrected chi connectivity index (χ1v) is 15.4. The zero-order chi connectivity index (χ0) is 33.5. The normalized spacial score (nSPS) is 13.6. The predicted molar refractivity (Wildman–Crippen MR) is 176 cm³/mol. The van der Waals surface area contributed by atoms with Crippen molar-refractivity contribution >= 4 is 41.7 Å². The Bertz CT molecular complexity index is 1370. The Labute approximate surface area is 269 Å². The third-order valence-corrected chi connectivity index (χ3v) is 7.94. The van der Waals surface area contributed by atoms with Crippen molar-refractivity contribution in [2.75, 3.05) is 13.1 Å². The van der Waals surface area contributed by atoms with Gasteiger partial charge in [0.15, 0.2) is 16.5 Å². The van der Waals surface area contributed by atoms with E-state index in [4.69, 9.17) is 35.2 Å². The van der Waals surface area contributed by atoms with Crippen molar-refractivity contribution in [1.29, 1.82) is 0 Å². The molecule has 45 heavy (non-hydrogen) atoms. The maximum Gasteiger partial charge on any atom is 0.243 e. The Kier molecular flexibility index (Phi) is 15.4. The first-order valence-electron chi connectivity index (χ1n) is 15.0. The lowest BCUT2D eigenvalue weighted by atomic mass is 10.0. The highest BCUT2D eigenvalue weighted by atomic mass is 32.1. The van der Waals surface area contributed by atoms with Gasteiger partial charge in [0.05, 0.1) is 12.1 Å². The molecule has 1 aromatic carbocycles. The van der Waals surface area contributed by atoms with E-state index in [1.54, 1.807) is 29.4 Å². The minimum absolute atomic E-state index is 0.0543. The van der Waals surface area contributed by atoms with Gasteiger partial charge in [0.25, 0.3) is 0 Å². The minimum atomic E-state index is -1.08. The van der Waals surface area contributed by atoms with Crippen LogP contribution < -0.4 is 38.9 Å². The molecule has 0 bridgehead atoms. The Balaban J connectivity index is 2.26. The number of nitrogens with two attached hydrogens (primary N) is 4. The molecule has 1 unspecified atom stereocenters. The molecule has 3 amide bonds. The van der Waals surface area contributed by atoms with Crippen LogP contribution in [0.15, 0.2) is 41.5 Å². The highest BCUT2D eigenvalue weighted by molar-refractivity contribution is 7.71. The van der Waals surface area contributed by atoms with Crippen molar-refractivity contribution in [3.63, 3.8) is 0 Å². The molecule has 0 radical (unpaired) electrons. The number of carbonyl (C=O) groups excluding carboxylic acids is 4. The number of hydrogen-bond acceptors (Lipinski definition) is 8. The number of carbonyl (C=O) groups is 4. The number of ketones is 1. The van der Waals surface area contributed by atoms with Gasteiger partial charge in [0, 0.05) is 39.0 Å². The summed E-state index contributed by atoms with van der Waals surface area (Å²) in [5.41, 5.74) is 24.1. The van der Waals surface area contributed by atoms with E-state index in [1.807, 2.05) is 30.3 Å². The van der Waals surface area contributed by atoms with Crippen molar-refractivity contribution < 1.29 is 19.2 Å². The lowest BCUT2D eigenvalue weighted by Gasteiger charge is -2.26. The van der Waals surface area contributed by atoms with Crippen LogP contribution in [0.25, 0.3) is 0 Å². The number of aliphatic imine (C=N–C) groups is 1. The molecule has 0 aliphatic rings. The number of nitrogens with zero attached hydrogens (tertiary/aromatic N) is 3. The lowest BCUT2D eigenvalue weighted by molar-refractivity contribution is -0.133. The van der Waals surface area contributed by atoms with Gasteiger partial charge >= 0.3 is 0 Å². The van der Waals surface area contributed by atoms with Gasteiger partial charge in [-0.05, 0) is 69.8 Å². The number of guanidine groups is 1. The van der Waals surface area contributed by atoms with Crippen LogP contribution in [0.5, 0.6) is 0 Å². The molecule has 14 nitrogen and oxygen atoms in total. The monoisotopic (exact) mass is 644 g/mol. The van der Waals surface area contributed by atoms with Gasteiger partial charge in [0.1, 0.15) is 12.1 Å². The molecular formula is C30H48N10O4S. The lowest BCUT2D eigenvalue weighted by Crippen LogP contribution is -2.57. The molecule has 4 atom stereocenters. The summed E-state index contributed by atoms with van der Waals surface area (Å²) in [6.45, 7) is 2.13. The van der Waals surface area contributed by atoms with Crippen LogP contribution in [0.1, 0.15) is 50.3 Å². The van der Waals surface area contributed by atoms with E-state index in [0.29, 0.717) is 49.2 Å². The average molecular weight is 645 g/mol. The topological polar surface area (TPSA) is 231 Å². The van der Waals surface area contributed by atoms with Crippen LogP contribution in [-0.4, -0.2) is 75.9 Å². The quantitative estimate of drug-likeness (QED) is 0.0449. The molecule has 248 valence electrons. The number of benzene rings is 1. The second kappa shape index (κ2) is 18.7. The molecule has 0 fully saturated rings. The van der Waals surface area contributed by atoms with Gasteiger partial charge in [-0.25, -0.2) is 0 Å². The second-order valence-electron chi connectivity index (χ2n) is 11.1. The molecule has 15 heteroatoms. The molecule has 11 N–H and O–H groups in total. The highest BCUT2D eigenvalue weighted by Crippen LogP contribution is 2.10. The molecule has 1 heterocycles. The van der Waals surface area contributed by atoms with E-state index in [-0.39, 0.29) is 31.0 Å². The van der Waals surface area contributed by atoms with Crippen LogP contribution in [0, 0.1) is 4.77 Å². The van der Waals surface area contributed by atoms with Crippen LogP contribution >= 0.6 is 12.2 Å². The number of hydrogen-bond donors (Lipinski definition) is 7. The Morgan fingerprint density at radius 2 is 1.49 bits per heavy atom. The number of rotatable bonds is 19. The number of amides is 3. The molecule has 0 saturated heterocycles. The zero-order valence-electron chi connectivity index (χ0n) is 26.3. The van der Waals surface area contributed by atoms with E-state index in [2.05, 4.69) is 20.9 Å². The fourth-order valence-electron chi connectivity index (χ4n) is 4.71. The van der Waals surface area contributed by atoms with Crippen LogP contribution in [-0.2, 0) is 46.1 Å². The van der Waals surface area contributed by atoms with Crippen molar-refractivity contribution in [2.45, 2.75) is 76.0 Å². The summed E-state index contributed by atoms with van der Waals surface area (Å²) < 4.78 is 4.00. The van der Waals surface area contributed by atoms with Gasteiger partial charge in [-0.2, -0.15) is 0 Å². The third kappa shape index (κ3) is 12.4. The van der Waals surface area contributed by atoms with Crippen molar-refractivity contribution in [3.05, 3.63) is 52.6 Å². The van der Waals surface area contributed by atoms with E-state index >= 15 is 0 Å². The van der Waals surface area contributed by atoms with Gasteiger partial charge in [-0.15, -0.1) is 0 Å². The third-order valence-electron chi connectivity index (χ3n) is 7.38. The van der Waals surface area contributed by atoms with Crippen molar-refractivity contribution in [2.24, 2.45) is 42.0 Å². The minimum Gasteiger partial charge on any atom is -0.370 e. The molecule has 0 saturated carbocycles. The number of Topliss-reactive ketones (excluding diaryl/α,β-unsaturated/α-hetero) is 1. The maximum absolute atomic E-state index is 13.8. The van der Waals surface area contributed by atoms with E-state index in [1.165, 1.54) is 6.92 Å². The number of aromatic nitrogens is 2. The van der Waals surface area contributed by atoms with Gasteiger partial charge < -0.3 is 48.0 Å².